The molecule has 0 aliphatic carbocycles. The van der Waals surface area contributed by atoms with E-state index >= 15 is 0 Å². The minimum atomic E-state index is 0.666. The van der Waals surface area contributed by atoms with Crippen LogP contribution in [0.25, 0.3) is 0 Å². The maximum absolute atomic E-state index is 5.02. The van der Waals surface area contributed by atoms with Crippen molar-refractivity contribution in [1.29, 1.82) is 0 Å². The maximum atomic E-state index is 5.02. The third-order valence-electron chi connectivity index (χ3n) is 2.47. The van der Waals surface area contributed by atoms with E-state index in [0.29, 0.717) is 6.54 Å². The Bertz CT molecular complexity index is 396. The van der Waals surface area contributed by atoms with Gasteiger partial charge in [0.25, 0.3) is 0 Å². The molecule has 5 heteroatoms. The Morgan fingerprint density at radius 2 is 2.21 bits per heavy atom. The van der Waals surface area contributed by atoms with Crippen LogP contribution in [0.4, 0.5) is 0 Å². The van der Waals surface area contributed by atoms with Crippen LogP contribution in [0.5, 0.6) is 0 Å². The van der Waals surface area contributed by atoms with Crippen molar-refractivity contribution in [3.63, 3.8) is 0 Å². The van der Waals surface area contributed by atoms with Crippen molar-refractivity contribution in [2.45, 2.75) is 19.9 Å². The minimum absolute atomic E-state index is 0.666. The second kappa shape index (κ2) is 9.81. The first-order valence-electron chi connectivity index (χ1n) is 6.51. The van der Waals surface area contributed by atoms with Gasteiger partial charge in [0.05, 0.1) is 6.54 Å². The zero-order chi connectivity index (χ0) is 13.9. The van der Waals surface area contributed by atoms with Crippen LogP contribution in [0, 0.1) is 0 Å². The first-order chi connectivity index (χ1) is 9.26. The van der Waals surface area contributed by atoms with Crippen molar-refractivity contribution >= 4 is 21.9 Å². The first-order valence-corrected chi connectivity index (χ1v) is 7.31. The summed E-state index contributed by atoms with van der Waals surface area (Å²) in [7, 11) is 1.71. The molecule has 106 valence electrons. The number of methoxy groups -OCH3 is 1. The van der Waals surface area contributed by atoms with Gasteiger partial charge in [0.2, 0.25) is 0 Å². The molecule has 0 unspecified atom stereocenters. The summed E-state index contributed by atoms with van der Waals surface area (Å²) in [6, 6.07) is 8.19. The molecule has 0 spiro atoms. The number of nitrogens with one attached hydrogen (secondary N) is 2. The molecule has 0 heterocycles. The van der Waals surface area contributed by atoms with Crippen LogP contribution in [0.1, 0.15) is 18.9 Å². The van der Waals surface area contributed by atoms with E-state index < -0.39 is 0 Å². The second-order valence-electron chi connectivity index (χ2n) is 4.10. The van der Waals surface area contributed by atoms with Gasteiger partial charge < -0.3 is 15.4 Å². The molecule has 0 aliphatic heterocycles. The first kappa shape index (κ1) is 16.0. The number of rotatable bonds is 7. The van der Waals surface area contributed by atoms with Gasteiger partial charge in [-0.05, 0) is 31.0 Å². The summed E-state index contributed by atoms with van der Waals surface area (Å²) in [6.45, 7) is 5.20. The standard InChI is InChI=1S/C14H22BrN3O/c1-3-16-14(17-8-5-9-19-2)18-11-12-6-4-7-13(15)10-12/h4,6-7,10H,3,5,8-9,11H2,1-2H3,(H2,16,17,18). The van der Waals surface area contributed by atoms with E-state index in [1.807, 2.05) is 12.1 Å². The van der Waals surface area contributed by atoms with Gasteiger partial charge in [-0.15, -0.1) is 0 Å². The number of aliphatic imine (C=N–C) groups is 1. The second-order valence-corrected chi connectivity index (χ2v) is 5.01. The molecule has 0 aromatic heterocycles. The van der Waals surface area contributed by atoms with Gasteiger partial charge in [-0.1, -0.05) is 28.1 Å². The predicted molar refractivity (Wildman–Crippen MR) is 83.5 cm³/mol. The smallest absolute Gasteiger partial charge is 0.191 e. The molecule has 0 aliphatic rings. The van der Waals surface area contributed by atoms with Gasteiger partial charge in [-0.25, -0.2) is 4.99 Å². The summed E-state index contributed by atoms with van der Waals surface area (Å²) in [5.41, 5.74) is 1.18. The molecule has 4 nitrogen and oxygen atoms in total. The van der Waals surface area contributed by atoms with E-state index in [4.69, 9.17) is 4.74 Å². The zero-order valence-corrected chi connectivity index (χ0v) is 13.2. The van der Waals surface area contributed by atoms with Crippen LogP contribution in [0.15, 0.2) is 33.7 Å². The minimum Gasteiger partial charge on any atom is -0.385 e. The third kappa shape index (κ3) is 7.18. The van der Waals surface area contributed by atoms with Crippen LogP contribution in [0.3, 0.4) is 0 Å². The highest BCUT2D eigenvalue weighted by Crippen LogP contribution is 2.12. The van der Waals surface area contributed by atoms with Crippen LogP contribution in [0.2, 0.25) is 0 Å². The SMILES string of the molecule is CCNC(=NCc1cccc(Br)c1)NCCCOC. The summed E-state index contributed by atoms with van der Waals surface area (Å²) < 4.78 is 6.10. The molecule has 1 aromatic carbocycles. The number of benzene rings is 1. The van der Waals surface area contributed by atoms with Gasteiger partial charge in [0.1, 0.15) is 0 Å². The Labute approximate surface area is 123 Å². The summed E-state index contributed by atoms with van der Waals surface area (Å²) in [5.74, 6) is 0.846. The summed E-state index contributed by atoms with van der Waals surface area (Å²) in [4.78, 5) is 4.56. The lowest BCUT2D eigenvalue weighted by Gasteiger charge is -2.11. The Balaban J connectivity index is 2.47. The van der Waals surface area contributed by atoms with Gasteiger partial charge in [0, 0.05) is 31.3 Å². The fourth-order valence-corrected chi connectivity index (χ4v) is 2.02. The van der Waals surface area contributed by atoms with Crippen molar-refractivity contribution in [3.8, 4) is 0 Å². The number of hydrogen-bond acceptors (Lipinski definition) is 2. The molecule has 1 rings (SSSR count). The maximum Gasteiger partial charge on any atom is 0.191 e. The highest BCUT2D eigenvalue weighted by molar-refractivity contribution is 9.10. The van der Waals surface area contributed by atoms with Gasteiger partial charge >= 0.3 is 0 Å². The average Bonchev–Trinajstić information content (AvgIpc) is 2.41. The van der Waals surface area contributed by atoms with Crippen molar-refractivity contribution in [1.82, 2.24) is 10.6 Å². The van der Waals surface area contributed by atoms with Crippen molar-refractivity contribution in [3.05, 3.63) is 34.3 Å². The van der Waals surface area contributed by atoms with Crippen molar-refractivity contribution in [2.75, 3.05) is 26.8 Å². The summed E-state index contributed by atoms with van der Waals surface area (Å²) >= 11 is 3.47. The topological polar surface area (TPSA) is 45.7 Å². The summed E-state index contributed by atoms with van der Waals surface area (Å²) in [6.07, 6.45) is 0.970. The lowest BCUT2D eigenvalue weighted by atomic mass is 10.2. The fourth-order valence-electron chi connectivity index (χ4n) is 1.57. The van der Waals surface area contributed by atoms with Crippen molar-refractivity contribution in [2.24, 2.45) is 4.99 Å². The fraction of sp³-hybridized carbons (Fsp3) is 0.500. The number of nitrogens with zero attached hydrogens (tertiary/aromatic N) is 1. The molecule has 0 bridgehead atoms. The van der Waals surface area contributed by atoms with E-state index in [0.717, 1.165) is 36.5 Å². The number of guanidine groups is 1. The predicted octanol–water partition coefficient (Wildman–Crippen LogP) is 2.54. The van der Waals surface area contributed by atoms with Crippen molar-refractivity contribution < 1.29 is 4.74 Å². The highest BCUT2D eigenvalue weighted by Gasteiger charge is 1.97. The molecule has 0 radical (unpaired) electrons. The molecular weight excluding hydrogens is 306 g/mol. The lowest BCUT2D eigenvalue weighted by Crippen LogP contribution is -2.38. The average molecular weight is 328 g/mol. The Morgan fingerprint density at radius 1 is 1.37 bits per heavy atom. The largest absolute Gasteiger partial charge is 0.385 e. The van der Waals surface area contributed by atoms with E-state index in [-0.39, 0.29) is 0 Å². The normalized spacial score (nSPS) is 11.4. The van der Waals surface area contributed by atoms with E-state index in [2.05, 4.69) is 50.6 Å². The van der Waals surface area contributed by atoms with Crippen LogP contribution >= 0.6 is 15.9 Å². The molecule has 1 aromatic rings. The molecule has 19 heavy (non-hydrogen) atoms. The highest BCUT2D eigenvalue weighted by atomic mass is 79.9. The van der Waals surface area contributed by atoms with E-state index in [1.54, 1.807) is 7.11 Å². The number of ether oxygens (including phenoxy) is 1. The molecule has 0 fully saturated rings. The zero-order valence-electron chi connectivity index (χ0n) is 11.6. The van der Waals surface area contributed by atoms with Crippen LogP contribution in [-0.2, 0) is 11.3 Å². The lowest BCUT2D eigenvalue weighted by molar-refractivity contribution is 0.195. The van der Waals surface area contributed by atoms with E-state index in [1.165, 1.54) is 5.56 Å². The molecular formula is C14H22BrN3O. The summed E-state index contributed by atoms with van der Waals surface area (Å²) in [5, 5.41) is 6.52. The quantitative estimate of drug-likeness (QED) is 0.459. The number of halogens is 1. The Hall–Kier alpha value is -1.07. The monoisotopic (exact) mass is 327 g/mol. The van der Waals surface area contributed by atoms with E-state index in [9.17, 15) is 0 Å². The van der Waals surface area contributed by atoms with Gasteiger partial charge in [-0.2, -0.15) is 0 Å². The molecule has 0 saturated carbocycles. The van der Waals surface area contributed by atoms with Crippen LogP contribution in [-0.4, -0.2) is 32.8 Å². The Kier molecular flexibility index (Phi) is 8.25. The number of hydrogen-bond donors (Lipinski definition) is 2. The molecule has 2 N–H and O–H groups in total. The van der Waals surface area contributed by atoms with Gasteiger partial charge in [0.15, 0.2) is 5.96 Å². The Morgan fingerprint density at radius 3 is 2.89 bits per heavy atom. The molecule has 0 atom stereocenters. The van der Waals surface area contributed by atoms with Crippen LogP contribution < -0.4 is 10.6 Å². The molecule has 0 amide bonds. The third-order valence-corrected chi connectivity index (χ3v) is 2.96. The van der Waals surface area contributed by atoms with Gasteiger partial charge in [-0.3, -0.25) is 0 Å². The molecule has 0 saturated heterocycles.